The van der Waals surface area contributed by atoms with Crippen molar-refractivity contribution < 1.29 is 98.2 Å². The van der Waals surface area contributed by atoms with E-state index in [1.807, 2.05) is 0 Å². The van der Waals surface area contributed by atoms with E-state index in [1.165, 1.54) is 11.1 Å². The Bertz CT molecular complexity index is 1190. The first-order chi connectivity index (χ1) is 16.3. The van der Waals surface area contributed by atoms with Crippen LogP contribution >= 0.6 is 0 Å². The van der Waals surface area contributed by atoms with Crippen LogP contribution < -0.4 is 30.8 Å². The van der Waals surface area contributed by atoms with Crippen molar-refractivity contribution in [2.24, 2.45) is 5.41 Å². The summed E-state index contributed by atoms with van der Waals surface area (Å²) in [4.78, 5) is 0. The summed E-state index contributed by atoms with van der Waals surface area (Å²) in [6.45, 7) is 6.89. The molecule has 1 aliphatic rings. The van der Waals surface area contributed by atoms with Gasteiger partial charge in [-0.3, -0.25) is 0 Å². The molecule has 0 saturated heterocycles. The zero-order chi connectivity index (χ0) is 31.2. The van der Waals surface area contributed by atoms with Gasteiger partial charge in [-0.25, -0.2) is 25.3 Å². The van der Waals surface area contributed by atoms with E-state index in [0.29, 0.717) is 11.3 Å². The van der Waals surface area contributed by atoms with Crippen molar-refractivity contribution in [2.45, 2.75) is 43.2 Å². The maximum atomic E-state index is 10.7. The van der Waals surface area contributed by atoms with E-state index in [0.717, 1.165) is 0 Å². The SMILES string of the molecule is CC(C)(C)C1C=C[CH]c2ccccc21.N.N.N.N.N.O=S(=O)([O-])C(F)(F)F.O=S(=O)([O-])C(F)(F)F.O=S(=O)([O-])C(F)(F)F.[Os]. The van der Waals surface area contributed by atoms with Gasteiger partial charge in [0.05, 0.1) is 0 Å². The van der Waals surface area contributed by atoms with Crippen LogP contribution in [0.4, 0.5) is 39.5 Å². The molecule has 0 aromatic heterocycles. The van der Waals surface area contributed by atoms with Crippen molar-refractivity contribution >= 4 is 30.4 Å². The van der Waals surface area contributed by atoms with Gasteiger partial charge in [0.1, 0.15) is 0 Å². The first-order valence-electron chi connectivity index (χ1n) is 9.01. The first-order valence-corrected chi connectivity index (χ1v) is 13.2. The number of benzene rings is 1. The van der Waals surface area contributed by atoms with Gasteiger partial charge >= 0.3 is 16.5 Å². The third kappa shape index (κ3) is 22.9. The second-order valence-corrected chi connectivity index (χ2v) is 11.8. The predicted octanol–water partition coefficient (Wildman–Crippen LogP) is 4.90. The Morgan fingerprint density at radius 3 is 1.07 bits per heavy atom. The average Bonchev–Trinajstić information content (AvgIpc) is 2.63. The molecule has 44 heavy (non-hydrogen) atoms. The van der Waals surface area contributed by atoms with E-state index >= 15 is 0 Å². The van der Waals surface area contributed by atoms with E-state index < -0.39 is 46.9 Å². The molecule has 27 heteroatoms. The third-order valence-electron chi connectivity index (χ3n) is 3.69. The van der Waals surface area contributed by atoms with Crippen LogP contribution in [-0.4, -0.2) is 55.4 Å². The average molecular weight is 908 g/mol. The van der Waals surface area contributed by atoms with Crippen molar-refractivity contribution in [3.63, 3.8) is 0 Å². The minimum Gasteiger partial charge on any atom is -0.741 e. The van der Waals surface area contributed by atoms with Crippen molar-refractivity contribution in [2.75, 3.05) is 0 Å². The molecule has 0 fully saturated rings. The molecule has 1 atom stereocenters. The number of fused-ring (bicyclic) bond motifs is 1. The first kappa shape index (κ1) is 61.5. The predicted molar refractivity (Wildman–Crippen MR) is 134 cm³/mol. The molecule has 0 heterocycles. The summed E-state index contributed by atoms with van der Waals surface area (Å²) in [7, 11) is -18.3. The second kappa shape index (κ2) is 21.3. The summed E-state index contributed by atoms with van der Waals surface area (Å²) in [5.74, 6) is 0.545. The molecule has 2 rings (SSSR count). The van der Waals surface area contributed by atoms with Crippen LogP contribution in [0.2, 0.25) is 0 Å². The zero-order valence-corrected chi connectivity index (χ0v) is 27.8. The number of alkyl halides is 9. The van der Waals surface area contributed by atoms with Crippen molar-refractivity contribution in [1.29, 1.82) is 0 Å². The minimum absolute atomic E-state index is 0. The van der Waals surface area contributed by atoms with E-state index in [-0.39, 0.29) is 50.5 Å². The summed E-state index contributed by atoms with van der Waals surface area (Å²) in [6.07, 6.45) is 6.68. The Morgan fingerprint density at radius 1 is 0.591 bits per heavy atom. The number of rotatable bonds is 0. The monoisotopic (exact) mass is 909 g/mol. The van der Waals surface area contributed by atoms with Gasteiger partial charge in [0.2, 0.25) is 0 Å². The summed E-state index contributed by atoms with van der Waals surface area (Å²) < 4.78 is 177. The Labute approximate surface area is 261 Å². The molecular weight excluding hydrogens is 876 g/mol. The molecule has 0 aliphatic heterocycles. The van der Waals surface area contributed by atoms with Crippen molar-refractivity contribution in [3.05, 3.63) is 54.0 Å². The van der Waals surface area contributed by atoms with E-state index in [4.69, 9.17) is 38.9 Å². The van der Waals surface area contributed by atoms with Crippen LogP contribution in [0.1, 0.15) is 37.8 Å². The quantitative estimate of drug-likeness (QED) is 0.131. The summed E-state index contributed by atoms with van der Waals surface area (Å²) in [5, 5.41) is 0. The van der Waals surface area contributed by atoms with Gasteiger partial charge in [-0.05, 0) is 16.5 Å². The molecule has 0 saturated carbocycles. The van der Waals surface area contributed by atoms with Gasteiger partial charge in [0.15, 0.2) is 30.4 Å². The van der Waals surface area contributed by atoms with E-state index in [2.05, 4.69) is 63.6 Å². The maximum absolute atomic E-state index is 10.7. The van der Waals surface area contributed by atoms with E-state index in [1.54, 1.807) is 0 Å². The molecule has 0 amide bonds. The van der Waals surface area contributed by atoms with Gasteiger partial charge in [0, 0.05) is 32.1 Å². The smallest absolute Gasteiger partial charge is 0.485 e. The van der Waals surface area contributed by atoms with Crippen molar-refractivity contribution in [1.82, 2.24) is 30.8 Å². The summed E-state index contributed by atoms with van der Waals surface area (Å²) in [5.41, 5.74) is -13.8. The van der Waals surface area contributed by atoms with Gasteiger partial charge in [-0.15, -0.1) is 0 Å². The van der Waals surface area contributed by atoms with E-state index in [9.17, 15) is 39.5 Å². The Morgan fingerprint density at radius 2 is 0.841 bits per heavy atom. The molecule has 15 N–H and O–H groups in total. The van der Waals surface area contributed by atoms with Crippen LogP contribution in [0.5, 0.6) is 0 Å². The zero-order valence-electron chi connectivity index (χ0n) is 22.8. The summed E-state index contributed by atoms with van der Waals surface area (Å²) in [6, 6.07) is 8.67. The van der Waals surface area contributed by atoms with Crippen LogP contribution in [0.15, 0.2) is 36.4 Å². The molecule has 1 radical (unpaired) electrons. The maximum Gasteiger partial charge on any atom is 0.485 e. The number of halogens is 9. The number of hydrogen-bond donors (Lipinski definition) is 5. The van der Waals surface area contributed by atoms with Crippen LogP contribution in [-0.2, 0) is 50.1 Å². The van der Waals surface area contributed by atoms with Crippen LogP contribution in [0.3, 0.4) is 0 Å². The molecule has 1 aliphatic carbocycles. The van der Waals surface area contributed by atoms with Gasteiger partial charge in [-0.1, -0.05) is 57.2 Å². The summed E-state index contributed by atoms with van der Waals surface area (Å²) >= 11 is 0. The largest absolute Gasteiger partial charge is 0.741 e. The molecular formula is C17H32F9N5O9OsS3-3. The molecule has 271 valence electrons. The topological polar surface area (TPSA) is 347 Å². The van der Waals surface area contributed by atoms with Gasteiger partial charge < -0.3 is 44.4 Å². The molecule has 0 spiro atoms. The number of allylic oxidation sites excluding steroid dienone is 2. The third-order valence-corrected chi connectivity index (χ3v) is 5.39. The van der Waals surface area contributed by atoms with Crippen LogP contribution in [0, 0.1) is 11.8 Å². The minimum atomic E-state index is -6.09. The molecule has 1 aromatic carbocycles. The fraction of sp³-hybridized carbons (Fsp3) is 0.471. The Kier molecular flexibility index (Phi) is 29.8. The fourth-order valence-corrected chi connectivity index (χ4v) is 2.08. The molecule has 1 unspecified atom stereocenters. The fourth-order valence-electron chi connectivity index (χ4n) is 2.08. The Hall–Kier alpha value is -1.50. The normalized spacial score (nSPS) is 14.2. The second-order valence-electron chi connectivity index (χ2n) is 7.72. The van der Waals surface area contributed by atoms with Gasteiger partial charge in [0.25, 0.3) is 0 Å². The number of hydrogen-bond acceptors (Lipinski definition) is 14. The molecule has 1 aromatic rings. The van der Waals surface area contributed by atoms with Gasteiger partial charge in [-0.2, -0.15) is 39.5 Å². The van der Waals surface area contributed by atoms with Crippen molar-refractivity contribution in [3.8, 4) is 0 Å². The molecule has 0 bridgehead atoms. The Balaban J connectivity index is -0.0000000650. The van der Waals surface area contributed by atoms with Crippen LogP contribution in [0.25, 0.3) is 0 Å². The standard InChI is InChI=1S/C14H17.3CHF3O3S.5H3N.Os/c1-14(2,3)13-10-6-8-11-7-4-5-9-12(11)13;3*2-1(3,4)8(5,6)7;;;;;;/h4-10,13H,1-3H3;3*(H,5,6,7);5*1H3;/p-3. The molecule has 14 nitrogen and oxygen atoms in total.